The number of halogens is 3. The lowest BCUT2D eigenvalue weighted by atomic mass is 10.3. The fourth-order valence-electron chi connectivity index (χ4n) is 1.46. The van der Waals surface area contributed by atoms with Crippen molar-refractivity contribution in [3.05, 3.63) is 24.3 Å². The van der Waals surface area contributed by atoms with E-state index in [0.29, 0.717) is 11.3 Å². The molecule has 0 atom stereocenters. The van der Waals surface area contributed by atoms with Crippen LogP contribution in [-0.4, -0.2) is 41.0 Å². The second-order valence-corrected chi connectivity index (χ2v) is 10.7. The maximum Gasteiger partial charge on any atom is 0.516 e. The molecule has 0 fully saturated rings. The van der Waals surface area contributed by atoms with E-state index >= 15 is 0 Å². The smallest absolute Gasteiger partial charge is 0.276 e. The van der Waals surface area contributed by atoms with Gasteiger partial charge >= 0.3 is 15.5 Å². The van der Waals surface area contributed by atoms with Crippen molar-refractivity contribution >= 4 is 52.2 Å². The molecule has 0 spiro atoms. The van der Waals surface area contributed by atoms with Crippen molar-refractivity contribution in [2.45, 2.75) is 14.7 Å². The van der Waals surface area contributed by atoms with Crippen LogP contribution in [0.5, 0.6) is 0 Å². The molecule has 0 aliphatic heterocycles. The molecule has 18 heteroatoms. The van der Waals surface area contributed by atoms with Crippen LogP contribution in [0.1, 0.15) is 0 Å². The first kappa shape index (κ1) is 21.3. The van der Waals surface area contributed by atoms with E-state index in [1.54, 1.807) is 0 Å². The standard InChI is InChI=1S/C9H8F3N5O6S4/c10-9(11,12)27(22,23)16-5-1-3-6(4-2-5)26(20,21)17-7-14-15-8(24-7)25(13,18)19/h1-4,16H,(H,14,17)(H2,13,18,19). The minimum atomic E-state index is -5.66. The van der Waals surface area contributed by atoms with Gasteiger partial charge in [0.2, 0.25) is 9.47 Å². The third-order valence-electron chi connectivity index (χ3n) is 2.59. The summed E-state index contributed by atoms with van der Waals surface area (Å²) in [5.74, 6) is 0. The molecule has 0 unspecified atom stereocenters. The zero-order valence-corrected chi connectivity index (χ0v) is 15.8. The predicted molar refractivity (Wildman–Crippen MR) is 87.1 cm³/mol. The van der Waals surface area contributed by atoms with Gasteiger partial charge in [-0.05, 0) is 24.3 Å². The van der Waals surface area contributed by atoms with E-state index < -0.39 is 55.6 Å². The highest BCUT2D eigenvalue weighted by Gasteiger charge is 2.46. The minimum Gasteiger partial charge on any atom is -0.276 e. The molecule has 2 rings (SSSR count). The number of nitrogens with one attached hydrogen (secondary N) is 2. The van der Waals surface area contributed by atoms with E-state index in [0.717, 1.165) is 24.3 Å². The lowest BCUT2D eigenvalue weighted by molar-refractivity contribution is -0.0429. The lowest BCUT2D eigenvalue weighted by Crippen LogP contribution is -2.29. The van der Waals surface area contributed by atoms with Crippen LogP contribution in [0.4, 0.5) is 24.0 Å². The van der Waals surface area contributed by atoms with Crippen LogP contribution >= 0.6 is 11.3 Å². The number of nitrogens with two attached hydrogens (primary N) is 1. The number of aromatic nitrogens is 2. The summed E-state index contributed by atoms with van der Waals surface area (Å²) in [6.07, 6.45) is 0. The maximum absolute atomic E-state index is 12.3. The second-order valence-electron chi connectivity index (χ2n) is 4.60. The first-order chi connectivity index (χ1) is 12.1. The molecule has 0 saturated heterocycles. The number of primary sulfonamides is 1. The Balaban J connectivity index is 2.22. The van der Waals surface area contributed by atoms with E-state index in [9.17, 15) is 38.4 Å². The average molecular weight is 467 g/mol. The van der Waals surface area contributed by atoms with Gasteiger partial charge in [0.25, 0.3) is 20.0 Å². The number of anilines is 2. The topological polar surface area (TPSA) is 178 Å². The SMILES string of the molecule is NS(=O)(=O)c1nnc(NS(=O)(=O)c2ccc(NS(=O)(=O)C(F)(F)F)cc2)s1. The molecule has 11 nitrogen and oxygen atoms in total. The second kappa shape index (κ2) is 6.86. The van der Waals surface area contributed by atoms with Gasteiger partial charge in [0.15, 0.2) is 0 Å². The summed E-state index contributed by atoms with van der Waals surface area (Å²) in [5, 5.41) is 10.9. The minimum absolute atomic E-state index is 0.333. The van der Waals surface area contributed by atoms with Gasteiger partial charge in [0.1, 0.15) is 0 Å². The van der Waals surface area contributed by atoms with Crippen LogP contribution in [0, 0.1) is 0 Å². The van der Waals surface area contributed by atoms with Crippen molar-refractivity contribution in [3.8, 4) is 0 Å². The van der Waals surface area contributed by atoms with Crippen molar-refractivity contribution < 1.29 is 38.4 Å². The summed E-state index contributed by atoms with van der Waals surface area (Å²) in [6.45, 7) is 0. The normalized spacial score (nSPS) is 13.3. The first-order valence-corrected chi connectivity index (χ1v) is 11.5. The van der Waals surface area contributed by atoms with Crippen LogP contribution in [0.2, 0.25) is 0 Å². The number of nitrogens with zero attached hydrogens (tertiary/aromatic N) is 2. The monoisotopic (exact) mass is 467 g/mol. The average Bonchev–Trinajstić information content (AvgIpc) is 2.94. The summed E-state index contributed by atoms with van der Waals surface area (Å²) in [7, 11) is -14.2. The molecule has 4 N–H and O–H groups in total. The molecule has 0 aliphatic carbocycles. The van der Waals surface area contributed by atoms with Gasteiger partial charge in [-0.25, -0.2) is 22.0 Å². The van der Waals surface area contributed by atoms with Gasteiger partial charge in [0, 0.05) is 5.69 Å². The van der Waals surface area contributed by atoms with Gasteiger partial charge in [-0.2, -0.15) is 21.6 Å². The Labute approximate surface area is 154 Å². The summed E-state index contributed by atoms with van der Waals surface area (Å²) < 4.78 is 108. The van der Waals surface area contributed by atoms with Gasteiger partial charge in [0.05, 0.1) is 4.90 Å². The highest BCUT2D eigenvalue weighted by Crippen LogP contribution is 2.26. The molecular weight excluding hydrogens is 459 g/mol. The maximum atomic E-state index is 12.3. The summed E-state index contributed by atoms with van der Waals surface area (Å²) >= 11 is 0.333. The Bertz CT molecular complexity index is 1160. The summed E-state index contributed by atoms with van der Waals surface area (Å²) in [5.41, 5.74) is -6.07. The van der Waals surface area contributed by atoms with Crippen molar-refractivity contribution in [3.63, 3.8) is 0 Å². The third kappa shape index (κ3) is 5.03. The lowest BCUT2D eigenvalue weighted by Gasteiger charge is -2.11. The van der Waals surface area contributed by atoms with E-state index in [1.807, 2.05) is 4.72 Å². The molecule has 1 heterocycles. The molecule has 0 amide bonds. The van der Waals surface area contributed by atoms with Gasteiger partial charge < -0.3 is 0 Å². The molecular formula is C9H8F3N5O6S4. The number of sulfonamides is 3. The van der Waals surface area contributed by atoms with Crippen molar-refractivity contribution in [1.29, 1.82) is 0 Å². The number of benzene rings is 1. The zero-order chi connectivity index (χ0) is 20.7. The van der Waals surface area contributed by atoms with Crippen molar-refractivity contribution in [2.24, 2.45) is 5.14 Å². The first-order valence-electron chi connectivity index (χ1n) is 6.20. The zero-order valence-electron chi connectivity index (χ0n) is 12.5. The fraction of sp³-hybridized carbons (Fsp3) is 0.111. The highest BCUT2D eigenvalue weighted by molar-refractivity contribution is 7.93. The highest BCUT2D eigenvalue weighted by atomic mass is 32.2. The molecule has 27 heavy (non-hydrogen) atoms. The Morgan fingerprint density at radius 2 is 1.48 bits per heavy atom. The molecule has 150 valence electrons. The Morgan fingerprint density at radius 3 is 1.93 bits per heavy atom. The quantitative estimate of drug-likeness (QED) is 0.541. The van der Waals surface area contributed by atoms with Crippen LogP contribution < -0.4 is 14.6 Å². The van der Waals surface area contributed by atoms with Gasteiger partial charge in [-0.15, -0.1) is 10.2 Å². The molecule has 1 aromatic carbocycles. The van der Waals surface area contributed by atoms with E-state index in [4.69, 9.17) is 5.14 Å². The van der Waals surface area contributed by atoms with Crippen LogP contribution in [0.15, 0.2) is 33.5 Å². The Hall–Kier alpha value is -2.02. The molecule has 0 aliphatic rings. The Kier molecular flexibility index (Phi) is 5.40. The number of rotatable bonds is 6. The van der Waals surface area contributed by atoms with Crippen LogP contribution in [0.3, 0.4) is 0 Å². The van der Waals surface area contributed by atoms with Crippen LogP contribution in [0.25, 0.3) is 0 Å². The third-order valence-corrected chi connectivity index (χ3v) is 7.34. The molecule has 1 aromatic heterocycles. The summed E-state index contributed by atoms with van der Waals surface area (Å²) in [6, 6.07) is 3.21. The number of alkyl halides is 3. The van der Waals surface area contributed by atoms with E-state index in [-0.39, 0.29) is 0 Å². The largest absolute Gasteiger partial charge is 0.516 e. The predicted octanol–water partition coefficient (Wildman–Crippen LogP) is 0.248. The molecule has 0 radical (unpaired) electrons. The van der Waals surface area contributed by atoms with Gasteiger partial charge in [-0.3, -0.25) is 9.44 Å². The number of hydrogen-bond acceptors (Lipinski definition) is 9. The van der Waals surface area contributed by atoms with Crippen molar-refractivity contribution in [2.75, 3.05) is 9.44 Å². The Morgan fingerprint density at radius 1 is 0.926 bits per heavy atom. The molecule has 0 saturated carbocycles. The van der Waals surface area contributed by atoms with E-state index in [1.165, 1.54) is 4.72 Å². The fourth-order valence-corrected chi connectivity index (χ4v) is 4.58. The van der Waals surface area contributed by atoms with Gasteiger partial charge in [-0.1, -0.05) is 11.3 Å². The van der Waals surface area contributed by atoms with E-state index in [2.05, 4.69) is 10.2 Å². The van der Waals surface area contributed by atoms with Crippen molar-refractivity contribution in [1.82, 2.24) is 10.2 Å². The number of hydrogen-bond donors (Lipinski definition) is 3. The van der Waals surface area contributed by atoms with Crippen LogP contribution in [-0.2, 0) is 30.1 Å². The molecule has 0 bridgehead atoms. The molecule has 2 aromatic rings. The summed E-state index contributed by atoms with van der Waals surface area (Å²) in [4.78, 5) is -0.468.